The summed E-state index contributed by atoms with van der Waals surface area (Å²) in [4.78, 5) is 49.4. The molecule has 2 heterocycles. The molecule has 1 unspecified atom stereocenters. The van der Waals surface area contributed by atoms with E-state index in [0.29, 0.717) is 0 Å². The summed E-state index contributed by atoms with van der Waals surface area (Å²) in [5.41, 5.74) is 8.59. The Morgan fingerprint density at radius 1 is 1.33 bits per heavy atom. The van der Waals surface area contributed by atoms with E-state index < -0.39 is 92.5 Å². The fourth-order valence-electron chi connectivity index (χ4n) is 4.62. The van der Waals surface area contributed by atoms with Crippen molar-refractivity contribution in [3.63, 3.8) is 0 Å². The van der Waals surface area contributed by atoms with Gasteiger partial charge in [0, 0.05) is 19.2 Å². The molecule has 0 bridgehead atoms. The number of carbonyl (C=O) groups excluding carboxylic acids is 1. The number of nitrogen functional groups attached to an aromatic ring is 1. The molecule has 17 heteroatoms. The summed E-state index contributed by atoms with van der Waals surface area (Å²) in [6.45, 7) is 0.466. The number of anilines is 1. The molecule has 1 saturated carbocycles. The third kappa shape index (κ3) is 5.92. The first kappa shape index (κ1) is 28.1. The van der Waals surface area contributed by atoms with Crippen molar-refractivity contribution in [1.29, 1.82) is 0 Å². The average Bonchev–Trinajstić information content (AvgIpc) is 3.03. The maximum absolute atomic E-state index is 12.9. The van der Waals surface area contributed by atoms with E-state index in [1.54, 1.807) is 0 Å². The van der Waals surface area contributed by atoms with Crippen LogP contribution in [0, 0.1) is 5.41 Å². The first-order chi connectivity index (χ1) is 16.7. The van der Waals surface area contributed by atoms with E-state index in [0.717, 1.165) is 4.57 Å². The molecule has 2 aliphatic rings. The molecule has 2 fully saturated rings. The van der Waals surface area contributed by atoms with Crippen molar-refractivity contribution in [3.8, 4) is 0 Å². The highest BCUT2D eigenvalue weighted by Crippen LogP contribution is 2.52. The van der Waals surface area contributed by atoms with E-state index in [1.165, 1.54) is 19.2 Å². The molecule has 0 radical (unpaired) electrons. The molecule has 16 nitrogen and oxygen atoms in total. The molecule has 1 amide bonds. The van der Waals surface area contributed by atoms with Crippen LogP contribution in [0.15, 0.2) is 17.1 Å². The quantitative estimate of drug-likeness (QED) is 0.152. The molecular weight excluding hydrogens is 505 g/mol. The number of carboxylic acid groups (broad SMARTS) is 1. The monoisotopic (exact) mass is 535 g/mol. The predicted molar refractivity (Wildman–Crippen MR) is 120 cm³/mol. The van der Waals surface area contributed by atoms with Crippen LogP contribution in [0.5, 0.6) is 0 Å². The van der Waals surface area contributed by atoms with Crippen molar-refractivity contribution in [2.75, 3.05) is 18.5 Å². The lowest BCUT2D eigenvalue weighted by Crippen LogP contribution is -2.62. The summed E-state index contributed by atoms with van der Waals surface area (Å²) in [5, 5.41) is 43.3. The number of aromatic nitrogens is 2. The van der Waals surface area contributed by atoms with Crippen molar-refractivity contribution in [2.24, 2.45) is 11.1 Å². The minimum absolute atomic E-state index is 0.0753. The Morgan fingerprint density at radius 3 is 2.56 bits per heavy atom. The van der Waals surface area contributed by atoms with Crippen LogP contribution >= 0.6 is 7.60 Å². The number of rotatable bonds is 8. The van der Waals surface area contributed by atoms with Crippen LogP contribution in [0.25, 0.3) is 0 Å². The summed E-state index contributed by atoms with van der Waals surface area (Å²) in [6, 6.07) is -0.710. The minimum atomic E-state index is -4.69. The molecule has 0 aromatic carbocycles. The maximum Gasteiger partial charge on any atom is 0.351 e. The van der Waals surface area contributed by atoms with Crippen LogP contribution in [-0.4, -0.2) is 96.0 Å². The van der Waals surface area contributed by atoms with Gasteiger partial charge in [-0.25, -0.2) is 4.79 Å². The van der Waals surface area contributed by atoms with Gasteiger partial charge in [0.25, 0.3) is 0 Å². The number of carboxylic acids is 1. The van der Waals surface area contributed by atoms with Crippen LogP contribution in [0.2, 0.25) is 0 Å². The summed E-state index contributed by atoms with van der Waals surface area (Å²) in [6.07, 6.45) is -7.97. The van der Waals surface area contributed by atoms with E-state index >= 15 is 0 Å². The van der Waals surface area contributed by atoms with Gasteiger partial charge in [0.2, 0.25) is 5.91 Å². The molecule has 202 valence electrons. The molecule has 3 rings (SSSR count). The van der Waals surface area contributed by atoms with E-state index in [2.05, 4.69) is 10.3 Å². The number of aliphatic hydroxyl groups excluding tert-OH is 3. The van der Waals surface area contributed by atoms with Gasteiger partial charge in [0.1, 0.15) is 24.1 Å². The summed E-state index contributed by atoms with van der Waals surface area (Å²) >= 11 is 0. The van der Waals surface area contributed by atoms with Crippen LogP contribution in [-0.2, 0) is 23.4 Å². The van der Waals surface area contributed by atoms with E-state index in [9.17, 15) is 44.3 Å². The predicted octanol–water partition coefficient (Wildman–Crippen LogP) is -3.30. The molecule has 1 aromatic heterocycles. The van der Waals surface area contributed by atoms with Gasteiger partial charge in [0.05, 0.1) is 30.3 Å². The van der Waals surface area contributed by atoms with E-state index in [-0.39, 0.29) is 12.2 Å². The molecule has 1 aliphatic heterocycles. The van der Waals surface area contributed by atoms with Crippen molar-refractivity contribution in [3.05, 3.63) is 22.7 Å². The Morgan fingerprint density at radius 2 is 2.00 bits per heavy atom. The second kappa shape index (κ2) is 10.5. The number of nitrogens with zero attached hydrogens (tertiary/aromatic N) is 2. The van der Waals surface area contributed by atoms with Crippen molar-refractivity contribution in [2.45, 2.75) is 62.5 Å². The fraction of sp³-hybridized carbons (Fsp3) is 0.684. The van der Waals surface area contributed by atoms with Gasteiger partial charge in [-0.05, 0) is 18.9 Å². The maximum atomic E-state index is 12.9. The van der Waals surface area contributed by atoms with Crippen LogP contribution < -0.4 is 22.5 Å². The van der Waals surface area contributed by atoms with E-state index in [1.807, 2.05) is 0 Å². The SMILES string of the molecule is CC(=O)N[C@H]1[C@H](O)C[C@](CP(=O)(O)OC[C@H]2O[C@@H](n3ccc(N)nc3=O)[C@H](O)[C@@H]2O)(C(=O)O)C[C@@H]1N. The Balaban J connectivity index is 1.69. The molecule has 9 atom stereocenters. The van der Waals surface area contributed by atoms with Crippen LogP contribution in [0.4, 0.5) is 5.82 Å². The zero-order valence-corrected chi connectivity index (χ0v) is 20.1. The lowest BCUT2D eigenvalue weighted by molar-refractivity contribution is -0.153. The molecule has 0 spiro atoms. The number of nitrogens with two attached hydrogens (primary N) is 2. The highest BCUT2D eigenvalue weighted by Gasteiger charge is 2.53. The number of carbonyl (C=O) groups is 2. The largest absolute Gasteiger partial charge is 0.481 e. The Bertz CT molecular complexity index is 1090. The highest BCUT2D eigenvalue weighted by molar-refractivity contribution is 7.52. The van der Waals surface area contributed by atoms with Gasteiger partial charge < -0.3 is 51.4 Å². The number of aliphatic hydroxyl groups is 3. The van der Waals surface area contributed by atoms with Gasteiger partial charge in [-0.3, -0.25) is 18.7 Å². The van der Waals surface area contributed by atoms with E-state index in [4.69, 9.17) is 20.7 Å². The average molecular weight is 535 g/mol. The molecule has 1 aliphatic carbocycles. The van der Waals surface area contributed by atoms with Gasteiger partial charge in [-0.2, -0.15) is 4.98 Å². The summed E-state index contributed by atoms with van der Waals surface area (Å²) in [7, 11) is -4.69. The Labute approximate surface area is 204 Å². The number of nitrogens with one attached hydrogen (secondary N) is 1. The number of ether oxygens (including phenoxy) is 1. The van der Waals surface area contributed by atoms with Crippen LogP contribution in [0.1, 0.15) is 26.0 Å². The third-order valence-electron chi connectivity index (χ3n) is 6.33. The smallest absolute Gasteiger partial charge is 0.351 e. The Hall–Kier alpha value is -2.43. The van der Waals surface area contributed by atoms with Gasteiger partial charge in [0.15, 0.2) is 6.23 Å². The molecule has 36 heavy (non-hydrogen) atoms. The second-order valence-corrected chi connectivity index (χ2v) is 11.0. The normalized spacial score (nSPS) is 36.2. The van der Waals surface area contributed by atoms with Gasteiger partial charge in [-0.1, -0.05) is 0 Å². The van der Waals surface area contributed by atoms with Crippen LogP contribution in [0.3, 0.4) is 0 Å². The standard InChI is InChI=1S/C19H30N5O11P/c1-8(25)22-13-9(20)4-19(17(29)30,5-10(13)26)7-36(32,33)34-6-11-14(27)15(28)16(35-11)24-3-2-12(21)23-18(24)31/h2-3,9-11,13-16,26-28H,4-7,20H2,1H3,(H,22,25)(H,29,30)(H,32,33)(H2,21,23,31)/t9-,10+,11+,13+,14+,15+,16+,19+/m0/s1. The zero-order chi connectivity index (χ0) is 27.0. The fourth-order valence-corrected chi connectivity index (χ4v) is 6.25. The summed E-state index contributed by atoms with van der Waals surface area (Å²) < 4.78 is 24.2. The second-order valence-electron chi connectivity index (χ2n) is 9.13. The summed E-state index contributed by atoms with van der Waals surface area (Å²) in [5.74, 6) is -2.05. The van der Waals surface area contributed by atoms with Gasteiger partial charge in [-0.15, -0.1) is 0 Å². The van der Waals surface area contributed by atoms with Crippen molar-refractivity contribution in [1.82, 2.24) is 14.9 Å². The number of hydrogen-bond donors (Lipinski definition) is 8. The van der Waals surface area contributed by atoms with Crippen molar-refractivity contribution >= 4 is 25.3 Å². The zero-order valence-electron chi connectivity index (χ0n) is 19.2. The lowest BCUT2D eigenvalue weighted by atomic mass is 9.70. The number of aliphatic carboxylic acids is 1. The minimum Gasteiger partial charge on any atom is -0.481 e. The third-order valence-corrected chi connectivity index (χ3v) is 7.89. The van der Waals surface area contributed by atoms with Crippen molar-refractivity contribution < 1.29 is 48.7 Å². The molecular formula is C19H30N5O11P. The Kier molecular flexibility index (Phi) is 8.22. The number of hydrogen-bond acceptors (Lipinski definition) is 12. The molecule has 1 aromatic rings. The highest BCUT2D eigenvalue weighted by atomic mass is 31.2. The molecule has 10 N–H and O–H groups in total. The topological polar surface area (TPSA) is 270 Å². The first-order valence-electron chi connectivity index (χ1n) is 10.9. The molecule has 1 saturated heterocycles. The lowest BCUT2D eigenvalue weighted by Gasteiger charge is -2.44. The number of amides is 1. The first-order valence-corrected chi connectivity index (χ1v) is 12.7. The van der Waals surface area contributed by atoms with Gasteiger partial charge >= 0.3 is 19.3 Å².